The molecule has 0 spiro atoms. The molecule has 0 N–H and O–H groups in total. The number of halogens is 1. The summed E-state index contributed by atoms with van der Waals surface area (Å²) in [7, 11) is -3.70. The van der Waals surface area contributed by atoms with Gasteiger partial charge in [0.05, 0.1) is 16.1 Å². The van der Waals surface area contributed by atoms with Crippen LogP contribution >= 0.6 is 22.9 Å². The van der Waals surface area contributed by atoms with Crippen molar-refractivity contribution in [2.45, 2.75) is 30.7 Å². The summed E-state index contributed by atoms with van der Waals surface area (Å²) in [5.41, 5.74) is 2.51. The van der Waals surface area contributed by atoms with Gasteiger partial charge in [-0.1, -0.05) is 17.7 Å². The molecule has 1 aromatic carbocycles. The molecular weight excluding hydrogens is 396 g/mol. The molecule has 7 nitrogen and oxygen atoms in total. The van der Waals surface area contributed by atoms with Gasteiger partial charge in [0.15, 0.2) is 0 Å². The van der Waals surface area contributed by atoms with Crippen LogP contribution in [0.2, 0.25) is 5.02 Å². The van der Waals surface area contributed by atoms with Crippen molar-refractivity contribution in [1.82, 2.24) is 19.5 Å². The summed E-state index contributed by atoms with van der Waals surface area (Å²) in [5, 5.41) is 8.56. The second kappa shape index (κ2) is 6.73. The van der Waals surface area contributed by atoms with E-state index < -0.39 is 16.1 Å². The maximum Gasteiger partial charge on any atom is 0.259 e. The smallest absolute Gasteiger partial charge is 0.259 e. The molecule has 10 heteroatoms. The molecule has 26 heavy (non-hydrogen) atoms. The molecule has 1 atom stereocenters. The zero-order valence-corrected chi connectivity index (χ0v) is 16.2. The average Bonchev–Trinajstić information content (AvgIpc) is 3.34. The van der Waals surface area contributed by atoms with Gasteiger partial charge in [-0.15, -0.1) is 21.5 Å². The highest BCUT2D eigenvalue weighted by Crippen LogP contribution is 2.37. The van der Waals surface area contributed by atoms with E-state index in [4.69, 9.17) is 16.0 Å². The molecule has 0 unspecified atom stereocenters. The molecule has 1 aliphatic heterocycles. The van der Waals surface area contributed by atoms with Crippen LogP contribution in [0.15, 0.2) is 39.1 Å². The van der Waals surface area contributed by atoms with E-state index in [0.717, 1.165) is 17.0 Å². The number of aromatic nitrogens is 3. The molecule has 2 aromatic heterocycles. The molecule has 0 aliphatic carbocycles. The Morgan fingerprint density at radius 3 is 2.92 bits per heavy atom. The summed E-state index contributed by atoms with van der Waals surface area (Å²) in [6.07, 6.45) is 1.35. The predicted molar refractivity (Wildman–Crippen MR) is 97.5 cm³/mol. The Bertz CT molecular complexity index is 1050. The molecule has 1 aliphatic rings. The molecule has 0 saturated carbocycles. The van der Waals surface area contributed by atoms with Crippen molar-refractivity contribution in [2.75, 3.05) is 6.54 Å². The number of nitrogens with zero attached hydrogens (tertiary/aromatic N) is 4. The van der Waals surface area contributed by atoms with Crippen LogP contribution in [-0.2, 0) is 10.0 Å². The molecule has 1 saturated heterocycles. The lowest BCUT2D eigenvalue weighted by Crippen LogP contribution is -2.30. The predicted octanol–water partition coefficient (Wildman–Crippen LogP) is 3.68. The molecular formula is C16H15ClN4O3S2. The minimum Gasteiger partial charge on any atom is -0.418 e. The van der Waals surface area contributed by atoms with Gasteiger partial charge in [0.2, 0.25) is 15.9 Å². The third-order valence-corrected chi connectivity index (χ3v) is 7.33. The van der Waals surface area contributed by atoms with Crippen LogP contribution in [0.1, 0.15) is 30.5 Å². The maximum atomic E-state index is 13.0. The Balaban J connectivity index is 1.67. The third kappa shape index (κ3) is 3.05. The zero-order chi connectivity index (χ0) is 18.3. The maximum absolute atomic E-state index is 13.0. The molecule has 3 heterocycles. The fourth-order valence-corrected chi connectivity index (χ4v) is 5.68. The van der Waals surface area contributed by atoms with Gasteiger partial charge in [-0.2, -0.15) is 4.31 Å². The van der Waals surface area contributed by atoms with Crippen molar-refractivity contribution in [3.05, 3.63) is 46.4 Å². The highest BCUT2D eigenvalue weighted by atomic mass is 35.5. The van der Waals surface area contributed by atoms with E-state index in [1.54, 1.807) is 17.6 Å². The van der Waals surface area contributed by atoms with Gasteiger partial charge in [-0.3, -0.25) is 0 Å². The van der Waals surface area contributed by atoms with E-state index in [2.05, 4.69) is 15.2 Å². The monoisotopic (exact) mass is 410 g/mol. The molecule has 0 radical (unpaired) electrons. The van der Waals surface area contributed by atoms with Crippen LogP contribution in [0.25, 0.3) is 10.8 Å². The number of hydrogen-bond acceptors (Lipinski definition) is 7. The molecule has 4 rings (SSSR count). The van der Waals surface area contributed by atoms with Crippen molar-refractivity contribution < 1.29 is 12.8 Å². The lowest BCUT2D eigenvalue weighted by Gasteiger charge is -2.21. The van der Waals surface area contributed by atoms with Crippen molar-refractivity contribution in [3.8, 4) is 10.8 Å². The van der Waals surface area contributed by atoms with E-state index >= 15 is 0 Å². The van der Waals surface area contributed by atoms with Gasteiger partial charge in [-0.25, -0.2) is 13.4 Å². The fourth-order valence-electron chi connectivity index (χ4n) is 3.01. The highest BCUT2D eigenvalue weighted by Gasteiger charge is 2.39. The SMILES string of the molecule is Cc1ncsc1-c1nnc([C@H]2CCCN2S(=O)(=O)c2cccc(Cl)c2)o1. The first-order valence-corrected chi connectivity index (χ1v) is 10.7. The minimum atomic E-state index is -3.70. The Morgan fingerprint density at radius 1 is 1.35 bits per heavy atom. The standard InChI is InChI=1S/C16H15ClN4O3S2/c1-10-14(25-9-18-10)16-20-19-15(24-16)13-6-3-7-21(13)26(22,23)12-5-2-4-11(17)8-12/h2,4-5,8-9,13H,3,6-7H2,1H3/t13-/m1/s1. The molecule has 3 aromatic rings. The topological polar surface area (TPSA) is 89.2 Å². The molecule has 1 fully saturated rings. The van der Waals surface area contributed by atoms with Gasteiger partial charge < -0.3 is 4.42 Å². The van der Waals surface area contributed by atoms with E-state index in [-0.39, 0.29) is 4.90 Å². The Kier molecular flexibility index (Phi) is 4.55. The van der Waals surface area contributed by atoms with Gasteiger partial charge in [0, 0.05) is 11.6 Å². The highest BCUT2D eigenvalue weighted by molar-refractivity contribution is 7.89. The number of sulfonamides is 1. The lowest BCUT2D eigenvalue weighted by atomic mass is 10.2. The molecule has 136 valence electrons. The number of hydrogen-bond donors (Lipinski definition) is 0. The Hall–Kier alpha value is -1.81. The van der Waals surface area contributed by atoms with Gasteiger partial charge in [0.25, 0.3) is 5.89 Å². The molecule has 0 bridgehead atoms. The van der Waals surface area contributed by atoms with Gasteiger partial charge in [0.1, 0.15) is 10.9 Å². The normalized spacial score (nSPS) is 18.5. The fraction of sp³-hybridized carbons (Fsp3) is 0.312. The number of aryl methyl sites for hydroxylation is 1. The van der Waals surface area contributed by atoms with Crippen LogP contribution in [0.3, 0.4) is 0 Å². The van der Waals surface area contributed by atoms with Crippen LogP contribution in [0.5, 0.6) is 0 Å². The quantitative estimate of drug-likeness (QED) is 0.651. The summed E-state index contributed by atoms with van der Waals surface area (Å²) >= 11 is 7.37. The Morgan fingerprint density at radius 2 is 2.19 bits per heavy atom. The number of benzene rings is 1. The minimum absolute atomic E-state index is 0.162. The first kappa shape index (κ1) is 17.6. The molecule has 0 amide bonds. The van der Waals surface area contributed by atoms with E-state index in [9.17, 15) is 8.42 Å². The van der Waals surface area contributed by atoms with Gasteiger partial charge in [-0.05, 0) is 38.0 Å². The largest absolute Gasteiger partial charge is 0.418 e. The van der Waals surface area contributed by atoms with E-state index in [0.29, 0.717) is 29.8 Å². The first-order valence-electron chi connectivity index (χ1n) is 7.98. The summed E-state index contributed by atoms with van der Waals surface area (Å²) in [5.74, 6) is 0.669. The lowest BCUT2D eigenvalue weighted by molar-refractivity contribution is 0.332. The van der Waals surface area contributed by atoms with E-state index in [1.807, 2.05) is 6.92 Å². The average molecular weight is 411 g/mol. The number of thiazole rings is 1. The Labute approximate surface area is 159 Å². The summed E-state index contributed by atoms with van der Waals surface area (Å²) < 4.78 is 33.3. The van der Waals surface area contributed by atoms with Crippen molar-refractivity contribution in [2.24, 2.45) is 0 Å². The van der Waals surface area contributed by atoms with Crippen LogP contribution in [-0.4, -0.2) is 34.4 Å². The third-order valence-electron chi connectivity index (χ3n) is 4.27. The van der Waals surface area contributed by atoms with Crippen molar-refractivity contribution >= 4 is 33.0 Å². The summed E-state index contributed by atoms with van der Waals surface area (Å²) in [6.45, 7) is 2.26. The zero-order valence-electron chi connectivity index (χ0n) is 13.8. The van der Waals surface area contributed by atoms with E-state index in [1.165, 1.54) is 27.8 Å². The van der Waals surface area contributed by atoms with Crippen LogP contribution in [0.4, 0.5) is 0 Å². The van der Waals surface area contributed by atoms with Crippen molar-refractivity contribution in [3.63, 3.8) is 0 Å². The summed E-state index contributed by atoms with van der Waals surface area (Å²) in [6, 6.07) is 5.78. The second-order valence-electron chi connectivity index (χ2n) is 5.94. The van der Waals surface area contributed by atoms with Gasteiger partial charge >= 0.3 is 0 Å². The van der Waals surface area contributed by atoms with Crippen molar-refractivity contribution in [1.29, 1.82) is 0 Å². The number of rotatable bonds is 4. The summed E-state index contributed by atoms with van der Waals surface area (Å²) in [4.78, 5) is 5.13. The van der Waals surface area contributed by atoms with Crippen LogP contribution in [0, 0.1) is 6.92 Å². The second-order valence-corrected chi connectivity index (χ2v) is 9.13. The van der Waals surface area contributed by atoms with Crippen LogP contribution < -0.4 is 0 Å². The first-order chi connectivity index (χ1) is 12.5.